The van der Waals surface area contributed by atoms with Crippen molar-refractivity contribution in [1.29, 1.82) is 0 Å². The van der Waals surface area contributed by atoms with Crippen molar-refractivity contribution >= 4 is 0 Å². The lowest BCUT2D eigenvalue weighted by Gasteiger charge is -2.40. The second kappa shape index (κ2) is 6.65. The van der Waals surface area contributed by atoms with E-state index in [-0.39, 0.29) is 17.3 Å². The Kier molecular flexibility index (Phi) is 4.81. The molecule has 1 aromatic rings. The van der Waals surface area contributed by atoms with Gasteiger partial charge in [0, 0.05) is 25.7 Å². The largest absolute Gasteiger partial charge is 0.383 e. The second-order valence-corrected chi connectivity index (χ2v) is 6.49. The zero-order chi connectivity index (χ0) is 15.6. The van der Waals surface area contributed by atoms with E-state index in [2.05, 4.69) is 4.90 Å². The molecule has 0 N–H and O–H groups in total. The first kappa shape index (κ1) is 15.9. The van der Waals surface area contributed by atoms with Gasteiger partial charge in [-0.15, -0.1) is 0 Å². The van der Waals surface area contributed by atoms with E-state index in [1.54, 1.807) is 19.2 Å². The van der Waals surface area contributed by atoms with Gasteiger partial charge in [0.05, 0.1) is 12.7 Å². The smallest absolute Gasteiger partial charge is 0.123 e. The van der Waals surface area contributed by atoms with Crippen LogP contribution in [0.2, 0.25) is 0 Å². The van der Waals surface area contributed by atoms with Crippen LogP contribution in [0, 0.1) is 5.82 Å². The first-order valence-electron chi connectivity index (χ1n) is 8.31. The summed E-state index contributed by atoms with van der Waals surface area (Å²) in [5, 5.41) is 0. The van der Waals surface area contributed by atoms with Crippen molar-refractivity contribution in [2.45, 2.75) is 37.7 Å². The summed E-state index contributed by atoms with van der Waals surface area (Å²) in [5.41, 5.74) is 2.49. The zero-order valence-electron chi connectivity index (χ0n) is 13.6. The lowest BCUT2D eigenvalue weighted by atomic mass is 9.73. The minimum Gasteiger partial charge on any atom is -0.383 e. The Hall–Kier alpha value is -0.970. The normalized spacial score (nSPS) is 23.9. The maximum absolute atomic E-state index is 13.8. The quantitative estimate of drug-likeness (QED) is 0.833. The third kappa shape index (κ3) is 2.92. The molecule has 1 aliphatic carbocycles. The fraction of sp³-hybridized carbons (Fsp3) is 0.667. The average molecular weight is 307 g/mol. The number of ether oxygens (including phenoxy) is 2. The number of rotatable bonds is 5. The van der Waals surface area contributed by atoms with Gasteiger partial charge in [0.25, 0.3) is 0 Å². The molecule has 4 heteroatoms. The van der Waals surface area contributed by atoms with Crippen LogP contribution < -0.4 is 0 Å². The van der Waals surface area contributed by atoms with E-state index in [1.807, 2.05) is 13.0 Å². The van der Waals surface area contributed by atoms with E-state index < -0.39 is 0 Å². The van der Waals surface area contributed by atoms with Crippen molar-refractivity contribution in [1.82, 2.24) is 4.90 Å². The first-order chi connectivity index (χ1) is 10.7. The number of nitrogens with zero attached hydrogens (tertiary/aromatic N) is 1. The van der Waals surface area contributed by atoms with Crippen molar-refractivity contribution in [3.63, 3.8) is 0 Å². The van der Waals surface area contributed by atoms with Crippen molar-refractivity contribution < 1.29 is 13.9 Å². The van der Waals surface area contributed by atoms with Gasteiger partial charge in [-0.2, -0.15) is 0 Å². The Bertz CT molecular complexity index is 512. The highest BCUT2D eigenvalue weighted by Gasteiger charge is 2.45. The van der Waals surface area contributed by atoms with Crippen LogP contribution in [0.15, 0.2) is 18.2 Å². The number of fused-ring (bicyclic) bond motifs is 2. The van der Waals surface area contributed by atoms with Crippen LogP contribution in [0.4, 0.5) is 4.39 Å². The number of halogens is 1. The molecule has 1 saturated heterocycles. The summed E-state index contributed by atoms with van der Waals surface area (Å²) < 4.78 is 24.9. The third-order valence-corrected chi connectivity index (χ3v) is 5.30. The molecule has 1 aliphatic heterocycles. The molecule has 122 valence electrons. The minimum atomic E-state index is -0.128. The molecule has 2 aliphatic rings. The monoisotopic (exact) mass is 307 g/mol. The molecule has 0 saturated carbocycles. The molecule has 1 atom stereocenters. The number of likely N-dealkylation sites (tertiary alicyclic amines) is 1. The highest BCUT2D eigenvalue weighted by atomic mass is 19.1. The number of hydrogen-bond acceptors (Lipinski definition) is 3. The van der Waals surface area contributed by atoms with Crippen LogP contribution in [-0.4, -0.2) is 44.9 Å². The van der Waals surface area contributed by atoms with Gasteiger partial charge >= 0.3 is 0 Å². The SMILES string of the molecule is CCOC1CC2(CCN(CCOC)CC2)c2cc(F)ccc21. The summed E-state index contributed by atoms with van der Waals surface area (Å²) in [5.74, 6) is -0.128. The van der Waals surface area contributed by atoms with Crippen LogP contribution in [0.25, 0.3) is 0 Å². The molecule has 3 rings (SSSR count). The molecule has 1 aromatic carbocycles. The number of hydrogen-bond donors (Lipinski definition) is 0. The molecular weight excluding hydrogens is 281 g/mol. The molecule has 0 aromatic heterocycles. The van der Waals surface area contributed by atoms with E-state index in [9.17, 15) is 4.39 Å². The molecule has 1 fully saturated rings. The van der Waals surface area contributed by atoms with Crippen LogP contribution in [-0.2, 0) is 14.9 Å². The first-order valence-corrected chi connectivity index (χ1v) is 8.31. The summed E-state index contributed by atoms with van der Waals surface area (Å²) >= 11 is 0. The molecule has 0 radical (unpaired) electrons. The second-order valence-electron chi connectivity index (χ2n) is 6.49. The molecule has 0 bridgehead atoms. The molecule has 22 heavy (non-hydrogen) atoms. The summed E-state index contributed by atoms with van der Waals surface area (Å²) in [7, 11) is 1.74. The summed E-state index contributed by atoms with van der Waals surface area (Å²) in [6, 6.07) is 5.24. The van der Waals surface area contributed by atoms with Crippen LogP contribution in [0.3, 0.4) is 0 Å². The highest BCUT2D eigenvalue weighted by molar-refractivity contribution is 5.42. The molecule has 0 amide bonds. The molecule has 1 unspecified atom stereocenters. The van der Waals surface area contributed by atoms with Gasteiger partial charge < -0.3 is 14.4 Å². The van der Waals surface area contributed by atoms with Crippen LogP contribution >= 0.6 is 0 Å². The Labute approximate surface area is 132 Å². The van der Waals surface area contributed by atoms with E-state index in [0.717, 1.165) is 45.5 Å². The van der Waals surface area contributed by atoms with E-state index in [4.69, 9.17) is 9.47 Å². The minimum absolute atomic E-state index is 0.0981. The maximum Gasteiger partial charge on any atom is 0.123 e. The van der Waals surface area contributed by atoms with Gasteiger partial charge in [0.2, 0.25) is 0 Å². The van der Waals surface area contributed by atoms with E-state index in [0.29, 0.717) is 6.61 Å². The maximum atomic E-state index is 13.8. The third-order valence-electron chi connectivity index (χ3n) is 5.30. The highest BCUT2D eigenvalue weighted by Crippen LogP contribution is 2.52. The van der Waals surface area contributed by atoms with Crippen molar-refractivity contribution in [3.05, 3.63) is 35.1 Å². The molecule has 3 nitrogen and oxygen atoms in total. The Morgan fingerprint density at radius 3 is 2.77 bits per heavy atom. The van der Waals surface area contributed by atoms with Crippen molar-refractivity contribution in [2.75, 3.05) is 40.0 Å². The van der Waals surface area contributed by atoms with Gasteiger partial charge in [-0.3, -0.25) is 0 Å². The van der Waals surface area contributed by atoms with Gasteiger partial charge in [0.15, 0.2) is 0 Å². The topological polar surface area (TPSA) is 21.7 Å². The van der Waals surface area contributed by atoms with Crippen molar-refractivity contribution in [3.8, 4) is 0 Å². The number of benzene rings is 1. The fourth-order valence-electron chi connectivity index (χ4n) is 4.09. The van der Waals surface area contributed by atoms with Gasteiger partial charge in [-0.05, 0) is 62.5 Å². The lowest BCUT2D eigenvalue weighted by Crippen LogP contribution is -2.42. The van der Waals surface area contributed by atoms with Gasteiger partial charge in [0.1, 0.15) is 5.82 Å². The molecular formula is C18H26FNO2. The summed E-state index contributed by atoms with van der Waals surface area (Å²) in [4.78, 5) is 2.45. The van der Waals surface area contributed by atoms with Crippen LogP contribution in [0.5, 0.6) is 0 Å². The van der Waals surface area contributed by atoms with Gasteiger partial charge in [-0.25, -0.2) is 4.39 Å². The summed E-state index contributed by atoms with van der Waals surface area (Å²) in [6.07, 6.45) is 3.29. The Balaban J connectivity index is 1.79. The van der Waals surface area contributed by atoms with E-state index in [1.165, 1.54) is 11.1 Å². The predicted octanol–water partition coefficient (Wildman–Crippen LogP) is 3.29. The zero-order valence-corrected chi connectivity index (χ0v) is 13.6. The lowest BCUT2D eigenvalue weighted by molar-refractivity contribution is 0.0377. The predicted molar refractivity (Wildman–Crippen MR) is 84.6 cm³/mol. The van der Waals surface area contributed by atoms with E-state index >= 15 is 0 Å². The van der Waals surface area contributed by atoms with Crippen molar-refractivity contribution in [2.24, 2.45) is 0 Å². The average Bonchev–Trinajstić information content (AvgIpc) is 2.81. The Morgan fingerprint density at radius 1 is 1.32 bits per heavy atom. The molecule has 1 heterocycles. The fourth-order valence-corrected chi connectivity index (χ4v) is 4.09. The number of piperidine rings is 1. The van der Waals surface area contributed by atoms with Gasteiger partial charge in [-0.1, -0.05) is 6.07 Å². The molecule has 1 spiro atoms. The van der Waals surface area contributed by atoms with Crippen LogP contribution in [0.1, 0.15) is 43.4 Å². The standard InChI is InChI=1S/C18H26FNO2/c1-3-22-17-13-18(16-12-14(19)4-5-15(16)17)6-8-20(9-7-18)10-11-21-2/h4-5,12,17H,3,6-11,13H2,1-2H3. The number of methoxy groups -OCH3 is 1. The summed E-state index contributed by atoms with van der Waals surface area (Å²) in [6.45, 7) is 6.60. The Morgan fingerprint density at radius 2 is 2.09 bits per heavy atom.